The number of para-hydroxylation sites is 2. The van der Waals surface area contributed by atoms with Crippen LogP contribution in [-0.4, -0.2) is 47.0 Å². The number of aryl methyl sites for hydroxylation is 1. The average Bonchev–Trinajstić information content (AvgIpc) is 2.76. The first-order valence-electron chi connectivity index (χ1n) is 9.45. The minimum Gasteiger partial charge on any atom is -0.368 e. The van der Waals surface area contributed by atoms with Gasteiger partial charge >= 0.3 is 0 Å². The molecule has 28 heavy (non-hydrogen) atoms. The Hall–Kier alpha value is -3.41. The SMILES string of the molecule is Cc1ccccc1Nc1cc(C(=O)N2CCN(c3ccccc3)CC2)ncn1. The lowest BCUT2D eigenvalue weighted by atomic mass is 10.2. The first-order chi connectivity index (χ1) is 13.7. The van der Waals surface area contributed by atoms with E-state index in [1.54, 1.807) is 6.07 Å². The number of carbonyl (C=O) groups excluding carboxylic acids is 1. The lowest BCUT2D eigenvalue weighted by molar-refractivity contribution is 0.0740. The molecule has 2 heterocycles. The highest BCUT2D eigenvalue weighted by atomic mass is 16.2. The Morgan fingerprint density at radius 1 is 0.929 bits per heavy atom. The summed E-state index contributed by atoms with van der Waals surface area (Å²) < 4.78 is 0. The van der Waals surface area contributed by atoms with Crippen molar-refractivity contribution in [2.24, 2.45) is 0 Å². The van der Waals surface area contributed by atoms with Gasteiger partial charge in [0.25, 0.3) is 5.91 Å². The molecule has 142 valence electrons. The van der Waals surface area contributed by atoms with Gasteiger partial charge in [-0.2, -0.15) is 0 Å². The van der Waals surface area contributed by atoms with Gasteiger partial charge in [0.2, 0.25) is 0 Å². The first kappa shape index (κ1) is 18.0. The van der Waals surface area contributed by atoms with Crippen molar-refractivity contribution in [3.05, 3.63) is 78.2 Å². The summed E-state index contributed by atoms with van der Waals surface area (Å²) >= 11 is 0. The summed E-state index contributed by atoms with van der Waals surface area (Å²) in [4.78, 5) is 25.5. The zero-order chi connectivity index (χ0) is 19.3. The molecule has 3 aromatic rings. The summed E-state index contributed by atoms with van der Waals surface area (Å²) in [7, 11) is 0. The van der Waals surface area contributed by atoms with Gasteiger partial charge in [0.15, 0.2) is 0 Å². The summed E-state index contributed by atoms with van der Waals surface area (Å²) in [5.74, 6) is 0.568. The molecule has 4 rings (SSSR count). The van der Waals surface area contributed by atoms with Crippen LogP contribution in [0.4, 0.5) is 17.2 Å². The number of nitrogens with one attached hydrogen (secondary N) is 1. The highest BCUT2D eigenvalue weighted by molar-refractivity contribution is 5.93. The van der Waals surface area contributed by atoms with Crippen LogP contribution in [0, 0.1) is 6.92 Å². The van der Waals surface area contributed by atoms with Crippen molar-refractivity contribution in [2.45, 2.75) is 6.92 Å². The standard InChI is InChI=1S/C22H23N5O/c1-17-7-5-6-10-19(17)25-21-15-20(23-16-24-21)22(28)27-13-11-26(12-14-27)18-8-3-2-4-9-18/h2-10,15-16H,11-14H2,1H3,(H,23,24,25). The van der Waals surface area contributed by atoms with E-state index in [9.17, 15) is 4.79 Å². The van der Waals surface area contributed by atoms with Crippen molar-refractivity contribution >= 4 is 23.1 Å². The van der Waals surface area contributed by atoms with Crippen LogP contribution in [0.25, 0.3) is 0 Å². The molecule has 2 aromatic carbocycles. The summed E-state index contributed by atoms with van der Waals surface area (Å²) in [5, 5.41) is 3.27. The number of carbonyl (C=O) groups is 1. The Bertz CT molecular complexity index is 952. The second-order valence-corrected chi connectivity index (χ2v) is 6.84. The van der Waals surface area contributed by atoms with Crippen molar-refractivity contribution in [2.75, 3.05) is 36.4 Å². The van der Waals surface area contributed by atoms with Crippen molar-refractivity contribution in [3.63, 3.8) is 0 Å². The van der Waals surface area contributed by atoms with Gasteiger partial charge in [0.1, 0.15) is 17.8 Å². The molecule has 0 aliphatic carbocycles. The average molecular weight is 373 g/mol. The Balaban J connectivity index is 1.42. The maximum Gasteiger partial charge on any atom is 0.272 e. The molecule has 0 unspecified atom stereocenters. The Labute approximate surface area is 164 Å². The molecule has 6 heteroatoms. The minimum absolute atomic E-state index is 0.0528. The Kier molecular flexibility index (Phi) is 5.19. The Morgan fingerprint density at radius 3 is 2.39 bits per heavy atom. The summed E-state index contributed by atoms with van der Waals surface area (Å²) in [6.45, 7) is 5.02. The molecule has 1 aliphatic heterocycles. The molecule has 1 N–H and O–H groups in total. The molecule has 1 saturated heterocycles. The highest BCUT2D eigenvalue weighted by Gasteiger charge is 2.23. The van der Waals surface area contributed by atoms with Gasteiger partial charge in [0.05, 0.1) is 0 Å². The third kappa shape index (κ3) is 3.96. The van der Waals surface area contributed by atoms with Gasteiger partial charge < -0.3 is 15.1 Å². The fraction of sp³-hybridized carbons (Fsp3) is 0.227. The molecule has 0 spiro atoms. The second kappa shape index (κ2) is 8.08. The van der Waals surface area contributed by atoms with Crippen LogP contribution in [0.3, 0.4) is 0 Å². The van der Waals surface area contributed by atoms with E-state index >= 15 is 0 Å². The van der Waals surface area contributed by atoms with E-state index in [0.29, 0.717) is 24.6 Å². The normalized spacial score (nSPS) is 14.0. The van der Waals surface area contributed by atoms with Crippen LogP contribution >= 0.6 is 0 Å². The minimum atomic E-state index is -0.0528. The van der Waals surface area contributed by atoms with Crippen molar-refractivity contribution in [1.29, 1.82) is 0 Å². The molecule has 1 aromatic heterocycles. The van der Waals surface area contributed by atoms with Gasteiger partial charge in [-0.15, -0.1) is 0 Å². The maximum absolute atomic E-state index is 12.9. The van der Waals surface area contributed by atoms with Crippen molar-refractivity contribution in [3.8, 4) is 0 Å². The molecule has 0 bridgehead atoms. The molecular weight excluding hydrogens is 350 g/mol. The summed E-state index contributed by atoms with van der Waals surface area (Å²) in [6.07, 6.45) is 1.44. The monoisotopic (exact) mass is 373 g/mol. The number of piperazine rings is 1. The third-order valence-corrected chi connectivity index (χ3v) is 4.98. The molecule has 0 atom stereocenters. The Morgan fingerprint density at radius 2 is 1.64 bits per heavy atom. The number of amides is 1. The smallest absolute Gasteiger partial charge is 0.272 e. The van der Waals surface area contributed by atoms with E-state index in [4.69, 9.17) is 0 Å². The molecular formula is C22H23N5O. The number of hydrogen-bond acceptors (Lipinski definition) is 5. The topological polar surface area (TPSA) is 61.4 Å². The lowest BCUT2D eigenvalue weighted by Crippen LogP contribution is -2.49. The predicted molar refractivity (Wildman–Crippen MR) is 111 cm³/mol. The molecule has 6 nitrogen and oxygen atoms in total. The van der Waals surface area contributed by atoms with Gasteiger partial charge in [-0.25, -0.2) is 9.97 Å². The van der Waals surface area contributed by atoms with Gasteiger partial charge in [0, 0.05) is 43.6 Å². The van der Waals surface area contributed by atoms with Crippen molar-refractivity contribution < 1.29 is 4.79 Å². The molecule has 1 amide bonds. The van der Waals surface area contributed by atoms with E-state index in [0.717, 1.165) is 24.3 Å². The first-order valence-corrected chi connectivity index (χ1v) is 9.45. The van der Waals surface area contributed by atoms with E-state index in [1.807, 2.05) is 54.3 Å². The fourth-order valence-electron chi connectivity index (χ4n) is 3.36. The fourth-order valence-corrected chi connectivity index (χ4v) is 3.36. The van der Waals surface area contributed by atoms with E-state index in [2.05, 4.69) is 32.3 Å². The van der Waals surface area contributed by atoms with E-state index in [-0.39, 0.29) is 5.91 Å². The van der Waals surface area contributed by atoms with Crippen LogP contribution in [-0.2, 0) is 0 Å². The van der Waals surface area contributed by atoms with Gasteiger partial charge in [-0.1, -0.05) is 36.4 Å². The van der Waals surface area contributed by atoms with Crippen LogP contribution in [0.5, 0.6) is 0 Å². The molecule has 0 saturated carbocycles. The van der Waals surface area contributed by atoms with E-state index < -0.39 is 0 Å². The van der Waals surface area contributed by atoms with Crippen LogP contribution in [0.2, 0.25) is 0 Å². The van der Waals surface area contributed by atoms with Crippen LogP contribution in [0.1, 0.15) is 16.1 Å². The number of benzene rings is 2. The largest absolute Gasteiger partial charge is 0.368 e. The zero-order valence-electron chi connectivity index (χ0n) is 15.9. The maximum atomic E-state index is 12.9. The van der Waals surface area contributed by atoms with Crippen molar-refractivity contribution in [1.82, 2.24) is 14.9 Å². The third-order valence-electron chi connectivity index (χ3n) is 4.98. The van der Waals surface area contributed by atoms with Crippen LogP contribution < -0.4 is 10.2 Å². The zero-order valence-corrected chi connectivity index (χ0v) is 15.9. The molecule has 1 fully saturated rings. The number of hydrogen-bond donors (Lipinski definition) is 1. The van der Waals surface area contributed by atoms with Gasteiger partial charge in [-0.05, 0) is 30.7 Å². The predicted octanol–water partition coefficient (Wildman–Crippen LogP) is 3.49. The number of anilines is 3. The number of rotatable bonds is 4. The molecule has 0 radical (unpaired) electrons. The van der Waals surface area contributed by atoms with Crippen LogP contribution in [0.15, 0.2) is 67.0 Å². The number of aromatic nitrogens is 2. The highest BCUT2D eigenvalue weighted by Crippen LogP contribution is 2.20. The summed E-state index contributed by atoms with van der Waals surface area (Å²) in [5.41, 5.74) is 3.70. The number of nitrogens with zero attached hydrogens (tertiary/aromatic N) is 4. The summed E-state index contributed by atoms with van der Waals surface area (Å²) in [6, 6.07) is 20.0. The van der Waals surface area contributed by atoms with Gasteiger partial charge in [-0.3, -0.25) is 4.79 Å². The quantitative estimate of drug-likeness (QED) is 0.759. The lowest BCUT2D eigenvalue weighted by Gasteiger charge is -2.36. The molecule has 1 aliphatic rings. The second-order valence-electron chi connectivity index (χ2n) is 6.84. The van der Waals surface area contributed by atoms with E-state index in [1.165, 1.54) is 12.0 Å².